The lowest BCUT2D eigenvalue weighted by molar-refractivity contribution is 0.0914. The van der Waals surface area contributed by atoms with Crippen molar-refractivity contribution in [3.63, 3.8) is 0 Å². The highest BCUT2D eigenvalue weighted by atomic mass is 16.5. The van der Waals surface area contributed by atoms with E-state index in [0.29, 0.717) is 28.4 Å². The summed E-state index contributed by atoms with van der Waals surface area (Å²) in [5, 5.41) is 0.747. The monoisotopic (exact) mass is 323 g/mol. The van der Waals surface area contributed by atoms with Crippen LogP contribution in [-0.2, 0) is 0 Å². The van der Waals surface area contributed by atoms with Gasteiger partial charge in [-0.15, -0.1) is 0 Å². The zero-order valence-electron chi connectivity index (χ0n) is 13.7. The molecule has 0 aliphatic carbocycles. The standard InChI is InChI=1S/C18H17N3O3/c1-10-16(12(3)22)11(2)21-17(10)15(23)8-24-18-13-6-4-5-7-14(13)19-9-20-18/h4-7,9,21H,8H2,1-3H3. The molecule has 0 atom stereocenters. The van der Waals surface area contributed by atoms with Gasteiger partial charge in [0.2, 0.25) is 11.7 Å². The Balaban J connectivity index is 1.83. The van der Waals surface area contributed by atoms with Gasteiger partial charge >= 0.3 is 0 Å². The molecule has 0 aliphatic rings. The van der Waals surface area contributed by atoms with E-state index < -0.39 is 0 Å². The first-order valence-corrected chi connectivity index (χ1v) is 7.55. The molecule has 0 radical (unpaired) electrons. The molecule has 0 amide bonds. The number of aryl methyl sites for hydroxylation is 1. The third-order valence-electron chi connectivity index (χ3n) is 3.91. The van der Waals surface area contributed by atoms with Crippen molar-refractivity contribution < 1.29 is 14.3 Å². The van der Waals surface area contributed by atoms with Gasteiger partial charge in [0, 0.05) is 11.3 Å². The molecule has 1 N–H and O–H groups in total. The Morgan fingerprint density at radius 3 is 2.62 bits per heavy atom. The Morgan fingerprint density at radius 2 is 1.92 bits per heavy atom. The summed E-state index contributed by atoms with van der Waals surface area (Å²) in [6.07, 6.45) is 1.40. The van der Waals surface area contributed by atoms with Gasteiger partial charge in [-0.25, -0.2) is 9.97 Å². The van der Waals surface area contributed by atoms with Gasteiger partial charge in [0.05, 0.1) is 16.6 Å². The number of carbonyl (C=O) groups excluding carboxylic acids is 2. The fourth-order valence-corrected chi connectivity index (χ4v) is 2.86. The van der Waals surface area contributed by atoms with E-state index in [-0.39, 0.29) is 18.2 Å². The van der Waals surface area contributed by atoms with E-state index in [1.807, 2.05) is 24.3 Å². The Kier molecular flexibility index (Phi) is 4.12. The van der Waals surface area contributed by atoms with Crippen molar-refractivity contribution in [1.29, 1.82) is 0 Å². The smallest absolute Gasteiger partial charge is 0.224 e. The first-order chi connectivity index (χ1) is 11.5. The van der Waals surface area contributed by atoms with Gasteiger partial charge in [-0.05, 0) is 38.5 Å². The van der Waals surface area contributed by atoms with E-state index in [4.69, 9.17) is 4.74 Å². The first-order valence-electron chi connectivity index (χ1n) is 7.55. The Morgan fingerprint density at radius 1 is 1.17 bits per heavy atom. The summed E-state index contributed by atoms with van der Waals surface area (Å²) < 4.78 is 5.59. The van der Waals surface area contributed by atoms with Crippen molar-refractivity contribution >= 4 is 22.5 Å². The zero-order valence-corrected chi connectivity index (χ0v) is 13.7. The molecular formula is C18H17N3O3. The number of hydrogen-bond donors (Lipinski definition) is 1. The van der Waals surface area contributed by atoms with E-state index in [0.717, 1.165) is 10.9 Å². The summed E-state index contributed by atoms with van der Waals surface area (Å²) in [7, 11) is 0. The van der Waals surface area contributed by atoms with Crippen molar-refractivity contribution in [3.8, 4) is 5.88 Å². The molecule has 1 aromatic carbocycles. The number of fused-ring (bicyclic) bond motifs is 1. The molecule has 122 valence electrons. The largest absolute Gasteiger partial charge is 0.469 e. The number of ketones is 2. The van der Waals surface area contributed by atoms with Crippen LogP contribution in [0.25, 0.3) is 10.9 Å². The molecule has 0 spiro atoms. The molecule has 6 nitrogen and oxygen atoms in total. The van der Waals surface area contributed by atoms with Crippen molar-refractivity contribution in [2.75, 3.05) is 6.61 Å². The number of nitrogens with zero attached hydrogens (tertiary/aromatic N) is 2. The van der Waals surface area contributed by atoms with Crippen LogP contribution < -0.4 is 4.74 Å². The average Bonchev–Trinajstić information content (AvgIpc) is 2.87. The van der Waals surface area contributed by atoms with Gasteiger partial charge in [-0.3, -0.25) is 9.59 Å². The lowest BCUT2D eigenvalue weighted by Gasteiger charge is -2.07. The molecule has 0 unspecified atom stereocenters. The number of nitrogens with one attached hydrogen (secondary N) is 1. The van der Waals surface area contributed by atoms with Crippen LogP contribution in [0.1, 0.15) is 39.0 Å². The van der Waals surface area contributed by atoms with E-state index in [2.05, 4.69) is 15.0 Å². The molecule has 6 heteroatoms. The Hall–Kier alpha value is -3.02. The SMILES string of the molecule is CC(=O)c1c(C)[nH]c(C(=O)COc2ncnc3ccccc23)c1C. The maximum absolute atomic E-state index is 12.5. The molecule has 0 fully saturated rings. The number of carbonyl (C=O) groups is 2. The van der Waals surface area contributed by atoms with Crippen LogP contribution in [0.3, 0.4) is 0 Å². The van der Waals surface area contributed by atoms with E-state index in [1.165, 1.54) is 13.3 Å². The van der Waals surface area contributed by atoms with Crippen LogP contribution in [0.15, 0.2) is 30.6 Å². The molecule has 2 aromatic heterocycles. The second-order valence-electron chi connectivity index (χ2n) is 5.59. The maximum Gasteiger partial charge on any atom is 0.224 e. The summed E-state index contributed by atoms with van der Waals surface area (Å²) in [6, 6.07) is 7.42. The second-order valence-corrected chi connectivity index (χ2v) is 5.59. The fraction of sp³-hybridized carbons (Fsp3) is 0.222. The van der Waals surface area contributed by atoms with E-state index in [1.54, 1.807) is 13.8 Å². The summed E-state index contributed by atoms with van der Waals surface area (Å²) in [5.74, 6) is 0.0653. The molecule has 0 saturated heterocycles. The van der Waals surface area contributed by atoms with Crippen LogP contribution >= 0.6 is 0 Å². The van der Waals surface area contributed by atoms with Crippen molar-refractivity contribution in [2.45, 2.75) is 20.8 Å². The highest BCUT2D eigenvalue weighted by Crippen LogP contribution is 2.22. The van der Waals surface area contributed by atoms with E-state index in [9.17, 15) is 9.59 Å². The normalized spacial score (nSPS) is 10.8. The number of benzene rings is 1. The summed E-state index contributed by atoms with van der Waals surface area (Å²) in [6.45, 7) is 4.85. The zero-order chi connectivity index (χ0) is 17.3. The molecule has 0 saturated carbocycles. The number of para-hydroxylation sites is 1. The molecule has 0 aliphatic heterocycles. The number of aromatic amines is 1. The third-order valence-corrected chi connectivity index (χ3v) is 3.91. The van der Waals surface area contributed by atoms with Crippen LogP contribution in [-0.4, -0.2) is 33.1 Å². The quantitative estimate of drug-likeness (QED) is 0.729. The lowest BCUT2D eigenvalue weighted by Crippen LogP contribution is -2.14. The molecule has 24 heavy (non-hydrogen) atoms. The number of ether oxygens (including phenoxy) is 1. The van der Waals surface area contributed by atoms with Crippen molar-refractivity contribution in [1.82, 2.24) is 15.0 Å². The van der Waals surface area contributed by atoms with Crippen LogP contribution in [0, 0.1) is 13.8 Å². The minimum atomic E-state index is -0.231. The van der Waals surface area contributed by atoms with Crippen molar-refractivity contribution in [3.05, 3.63) is 53.1 Å². The minimum absolute atomic E-state index is 0.0667. The van der Waals surface area contributed by atoms with Gasteiger partial charge in [0.25, 0.3) is 0 Å². The van der Waals surface area contributed by atoms with Crippen molar-refractivity contribution in [2.24, 2.45) is 0 Å². The van der Waals surface area contributed by atoms with Gasteiger partial charge in [-0.1, -0.05) is 12.1 Å². The topological polar surface area (TPSA) is 84.9 Å². The minimum Gasteiger partial charge on any atom is -0.469 e. The average molecular weight is 323 g/mol. The lowest BCUT2D eigenvalue weighted by atomic mass is 10.1. The van der Waals surface area contributed by atoms with Crippen LogP contribution in [0.4, 0.5) is 0 Å². The summed E-state index contributed by atoms with van der Waals surface area (Å²) in [5.41, 5.74) is 3.06. The molecule has 0 bridgehead atoms. The van der Waals surface area contributed by atoms with Gasteiger partial charge in [-0.2, -0.15) is 0 Å². The number of Topliss-reactive ketones (excluding diaryl/α,β-unsaturated/α-hetero) is 2. The van der Waals surface area contributed by atoms with Crippen LogP contribution in [0.5, 0.6) is 5.88 Å². The van der Waals surface area contributed by atoms with E-state index >= 15 is 0 Å². The van der Waals surface area contributed by atoms with Gasteiger partial charge in [0.15, 0.2) is 12.4 Å². The Bertz CT molecular complexity index is 939. The Labute approximate surface area is 138 Å². The van der Waals surface area contributed by atoms with Gasteiger partial charge in [0.1, 0.15) is 6.33 Å². The number of hydrogen-bond acceptors (Lipinski definition) is 5. The first kappa shape index (κ1) is 15.9. The molecule has 3 aromatic rings. The highest BCUT2D eigenvalue weighted by molar-refractivity contribution is 6.03. The number of aromatic nitrogens is 3. The number of H-pyrrole nitrogens is 1. The second kappa shape index (κ2) is 6.23. The van der Waals surface area contributed by atoms with Gasteiger partial charge < -0.3 is 9.72 Å². The molecule has 2 heterocycles. The third kappa shape index (κ3) is 2.78. The molecular weight excluding hydrogens is 306 g/mol. The maximum atomic E-state index is 12.5. The molecule has 3 rings (SSSR count). The summed E-state index contributed by atoms with van der Waals surface area (Å²) in [4.78, 5) is 35.4. The summed E-state index contributed by atoms with van der Waals surface area (Å²) >= 11 is 0. The number of rotatable bonds is 5. The predicted octanol–water partition coefficient (Wildman–Crippen LogP) is 3.04. The van der Waals surface area contributed by atoms with Crippen LogP contribution in [0.2, 0.25) is 0 Å². The predicted molar refractivity (Wildman–Crippen MR) is 89.6 cm³/mol. The highest BCUT2D eigenvalue weighted by Gasteiger charge is 2.20. The fourth-order valence-electron chi connectivity index (χ4n) is 2.86.